The molecule has 1 aliphatic rings. The molecule has 0 N–H and O–H groups in total. The van der Waals surface area contributed by atoms with Gasteiger partial charge in [-0.15, -0.1) is 0 Å². The van der Waals surface area contributed by atoms with Crippen molar-refractivity contribution in [2.75, 3.05) is 19.7 Å². The van der Waals surface area contributed by atoms with Crippen LogP contribution in [-0.2, 0) is 6.54 Å². The fourth-order valence-electron chi connectivity index (χ4n) is 3.57. The Morgan fingerprint density at radius 1 is 1.15 bits per heavy atom. The number of hydrogen-bond acceptors (Lipinski definition) is 5. The minimum atomic E-state index is 0.526. The number of nitrogens with zero attached hydrogens (tertiary/aromatic N) is 3. The normalized spacial score (nSPS) is 17.7. The van der Waals surface area contributed by atoms with Crippen LogP contribution in [0.1, 0.15) is 24.3 Å². The molecule has 5 nitrogen and oxygen atoms in total. The first kappa shape index (κ1) is 17.7. The molecule has 0 spiro atoms. The van der Waals surface area contributed by atoms with Crippen molar-refractivity contribution in [2.24, 2.45) is 5.92 Å². The Balaban J connectivity index is 1.33. The van der Waals surface area contributed by atoms with E-state index < -0.39 is 0 Å². The molecule has 27 heavy (non-hydrogen) atoms. The summed E-state index contributed by atoms with van der Waals surface area (Å²) in [5.74, 6) is 2.80. The van der Waals surface area contributed by atoms with Gasteiger partial charge >= 0.3 is 0 Å². The Kier molecular flexibility index (Phi) is 5.49. The third-order valence-corrected chi connectivity index (χ3v) is 4.94. The van der Waals surface area contributed by atoms with Crippen molar-refractivity contribution >= 4 is 0 Å². The molecule has 5 heteroatoms. The summed E-state index contributed by atoms with van der Waals surface area (Å²) in [5.41, 5.74) is 2.19. The minimum Gasteiger partial charge on any atom is -0.493 e. The second-order valence-corrected chi connectivity index (χ2v) is 7.25. The standard InChI is InChI=1S/C22H25N3O2/c1-17-7-5-9-19(13-17)22-23-21(27-24-22)15-25-12-6-8-18(14-25)16-26-20-10-3-2-4-11-20/h2-5,7,9-11,13,18H,6,8,12,14-16H2,1H3. The molecule has 2 aromatic carbocycles. The van der Waals surface area contributed by atoms with Crippen LogP contribution in [0.15, 0.2) is 59.1 Å². The Labute approximate surface area is 160 Å². The average Bonchev–Trinajstić information content (AvgIpc) is 3.16. The molecule has 0 radical (unpaired) electrons. The SMILES string of the molecule is Cc1cccc(-c2noc(CN3CCCC(COc4ccccc4)C3)n2)c1. The zero-order chi connectivity index (χ0) is 18.5. The van der Waals surface area contributed by atoms with Crippen molar-refractivity contribution < 1.29 is 9.26 Å². The van der Waals surface area contributed by atoms with Crippen LogP contribution in [0.4, 0.5) is 0 Å². The molecule has 4 rings (SSSR count). The maximum absolute atomic E-state index is 5.94. The number of benzene rings is 2. The van der Waals surface area contributed by atoms with Gasteiger partial charge in [-0.1, -0.05) is 47.1 Å². The van der Waals surface area contributed by atoms with E-state index in [4.69, 9.17) is 9.26 Å². The van der Waals surface area contributed by atoms with E-state index in [0.29, 0.717) is 24.2 Å². The molecule has 1 aliphatic heterocycles. The second kappa shape index (κ2) is 8.35. The molecule has 0 aliphatic carbocycles. The third-order valence-electron chi connectivity index (χ3n) is 4.94. The summed E-state index contributed by atoms with van der Waals surface area (Å²) in [7, 11) is 0. The van der Waals surface area contributed by atoms with Gasteiger partial charge in [0.15, 0.2) is 0 Å². The number of aryl methyl sites for hydroxylation is 1. The lowest BCUT2D eigenvalue weighted by Crippen LogP contribution is -2.37. The largest absolute Gasteiger partial charge is 0.493 e. The van der Waals surface area contributed by atoms with Gasteiger partial charge in [0.25, 0.3) is 0 Å². The van der Waals surface area contributed by atoms with Crippen molar-refractivity contribution in [1.82, 2.24) is 15.0 Å². The smallest absolute Gasteiger partial charge is 0.241 e. The average molecular weight is 363 g/mol. The van der Waals surface area contributed by atoms with Crippen LogP contribution in [-0.4, -0.2) is 34.7 Å². The number of rotatable bonds is 6. The number of piperidine rings is 1. The topological polar surface area (TPSA) is 51.4 Å². The molecule has 0 amide bonds. The lowest BCUT2D eigenvalue weighted by molar-refractivity contribution is 0.115. The van der Waals surface area contributed by atoms with Crippen molar-refractivity contribution in [2.45, 2.75) is 26.3 Å². The zero-order valence-electron chi connectivity index (χ0n) is 15.7. The minimum absolute atomic E-state index is 0.526. The summed E-state index contributed by atoms with van der Waals surface area (Å²) >= 11 is 0. The van der Waals surface area contributed by atoms with Crippen LogP contribution < -0.4 is 4.74 Å². The number of likely N-dealkylation sites (tertiary alicyclic amines) is 1. The fraction of sp³-hybridized carbons (Fsp3) is 0.364. The molecular weight excluding hydrogens is 338 g/mol. The van der Waals surface area contributed by atoms with E-state index in [2.05, 4.69) is 34.1 Å². The van der Waals surface area contributed by atoms with Crippen LogP contribution in [0.2, 0.25) is 0 Å². The van der Waals surface area contributed by atoms with Crippen molar-refractivity contribution in [3.8, 4) is 17.1 Å². The first-order valence-corrected chi connectivity index (χ1v) is 9.56. The summed E-state index contributed by atoms with van der Waals surface area (Å²) in [6.45, 7) is 5.56. The Bertz CT molecular complexity index is 863. The highest BCUT2D eigenvalue weighted by molar-refractivity contribution is 5.55. The zero-order valence-corrected chi connectivity index (χ0v) is 15.7. The van der Waals surface area contributed by atoms with Gasteiger partial charge < -0.3 is 9.26 Å². The fourth-order valence-corrected chi connectivity index (χ4v) is 3.57. The van der Waals surface area contributed by atoms with Crippen molar-refractivity contribution in [1.29, 1.82) is 0 Å². The van der Waals surface area contributed by atoms with E-state index in [1.807, 2.05) is 42.5 Å². The molecule has 0 bridgehead atoms. The molecule has 1 saturated heterocycles. The van der Waals surface area contributed by atoms with E-state index in [1.54, 1.807) is 0 Å². The number of para-hydroxylation sites is 1. The molecule has 2 heterocycles. The lowest BCUT2D eigenvalue weighted by Gasteiger charge is -2.31. The van der Waals surface area contributed by atoms with Gasteiger partial charge in [0.1, 0.15) is 5.75 Å². The van der Waals surface area contributed by atoms with E-state index >= 15 is 0 Å². The van der Waals surface area contributed by atoms with Crippen LogP contribution >= 0.6 is 0 Å². The summed E-state index contributed by atoms with van der Waals surface area (Å²) < 4.78 is 11.4. The first-order chi connectivity index (χ1) is 13.3. The third kappa shape index (κ3) is 4.74. The van der Waals surface area contributed by atoms with Crippen molar-refractivity contribution in [3.63, 3.8) is 0 Å². The Hall–Kier alpha value is -2.66. The molecule has 140 valence electrons. The van der Waals surface area contributed by atoms with Gasteiger partial charge in [-0.2, -0.15) is 4.98 Å². The highest BCUT2D eigenvalue weighted by Gasteiger charge is 2.22. The molecule has 1 atom stereocenters. The number of hydrogen-bond donors (Lipinski definition) is 0. The van der Waals surface area contributed by atoms with Gasteiger partial charge in [-0.05, 0) is 44.5 Å². The number of ether oxygens (including phenoxy) is 1. The van der Waals surface area contributed by atoms with Gasteiger partial charge in [0.2, 0.25) is 11.7 Å². The highest BCUT2D eigenvalue weighted by atomic mass is 16.5. The van der Waals surface area contributed by atoms with Gasteiger partial charge in [-0.3, -0.25) is 4.90 Å². The van der Waals surface area contributed by atoms with E-state index in [0.717, 1.165) is 31.0 Å². The molecule has 0 saturated carbocycles. The predicted molar refractivity (Wildman–Crippen MR) is 104 cm³/mol. The molecule has 1 fully saturated rings. The first-order valence-electron chi connectivity index (χ1n) is 9.56. The quantitative estimate of drug-likeness (QED) is 0.652. The maximum atomic E-state index is 5.94. The van der Waals surface area contributed by atoms with Gasteiger partial charge in [0, 0.05) is 18.0 Å². The molecular formula is C22H25N3O2. The summed E-state index contributed by atoms with van der Waals surface area (Å²) in [4.78, 5) is 6.97. The van der Waals surface area contributed by atoms with E-state index in [-0.39, 0.29) is 0 Å². The monoisotopic (exact) mass is 363 g/mol. The predicted octanol–water partition coefficient (Wildman–Crippen LogP) is 4.34. The summed E-state index contributed by atoms with van der Waals surface area (Å²) in [5, 5.41) is 4.15. The summed E-state index contributed by atoms with van der Waals surface area (Å²) in [6.07, 6.45) is 2.36. The summed E-state index contributed by atoms with van der Waals surface area (Å²) in [6, 6.07) is 18.2. The van der Waals surface area contributed by atoms with E-state index in [9.17, 15) is 0 Å². The Morgan fingerprint density at radius 3 is 2.89 bits per heavy atom. The molecule has 3 aromatic rings. The van der Waals surface area contributed by atoms with Crippen LogP contribution in [0.3, 0.4) is 0 Å². The van der Waals surface area contributed by atoms with Crippen LogP contribution in [0, 0.1) is 12.8 Å². The maximum Gasteiger partial charge on any atom is 0.241 e. The van der Waals surface area contributed by atoms with E-state index in [1.165, 1.54) is 18.4 Å². The highest BCUT2D eigenvalue weighted by Crippen LogP contribution is 2.21. The van der Waals surface area contributed by atoms with Gasteiger partial charge in [0.05, 0.1) is 13.2 Å². The van der Waals surface area contributed by atoms with Crippen LogP contribution in [0.5, 0.6) is 5.75 Å². The van der Waals surface area contributed by atoms with Gasteiger partial charge in [-0.25, -0.2) is 0 Å². The number of aromatic nitrogens is 2. The Morgan fingerprint density at radius 2 is 2.04 bits per heavy atom. The molecule has 1 unspecified atom stereocenters. The van der Waals surface area contributed by atoms with Crippen molar-refractivity contribution in [3.05, 3.63) is 66.1 Å². The van der Waals surface area contributed by atoms with Crippen LogP contribution in [0.25, 0.3) is 11.4 Å². The molecule has 1 aromatic heterocycles. The lowest BCUT2D eigenvalue weighted by atomic mass is 9.99. The second-order valence-electron chi connectivity index (χ2n) is 7.25.